The van der Waals surface area contributed by atoms with Gasteiger partial charge in [-0.1, -0.05) is 84.0 Å². The lowest BCUT2D eigenvalue weighted by atomic mass is 9.29. The highest BCUT2D eigenvalue weighted by molar-refractivity contribution is 5.78. The summed E-state index contributed by atoms with van der Waals surface area (Å²) in [4.78, 5) is 14.2. The Hall–Kier alpha value is -1.61. The van der Waals surface area contributed by atoms with Gasteiger partial charge in [0.2, 0.25) is 0 Å². The zero-order valence-electron chi connectivity index (χ0n) is 27.0. The SMILES string of the molecule is C=C(C)[C@@H]1CC[C@]2(C(=O)OCc3ccccc3)CC[C@]3(C)[C@H](CC[C@@H]4[C@@]5(C)CC[C@H](O)C(C)(C)[C@]5(C)CC[C@]43C)[C@@H]12. The fraction of sp³-hybridized carbons (Fsp3) is 0.763. The lowest BCUT2D eigenvalue weighted by molar-refractivity contribution is -0.280. The van der Waals surface area contributed by atoms with Crippen molar-refractivity contribution in [3.63, 3.8) is 0 Å². The second kappa shape index (κ2) is 9.44. The van der Waals surface area contributed by atoms with E-state index in [1.807, 2.05) is 18.2 Å². The number of aliphatic hydroxyl groups is 1. The highest BCUT2D eigenvalue weighted by Crippen LogP contribution is 2.80. The zero-order chi connectivity index (χ0) is 29.6. The van der Waals surface area contributed by atoms with Gasteiger partial charge in [0.15, 0.2) is 0 Å². The van der Waals surface area contributed by atoms with E-state index in [0.29, 0.717) is 30.3 Å². The molecule has 0 unspecified atom stereocenters. The summed E-state index contributed by atoms with van der Waals surface area (Å²) in [6, 6.07) is 10.2. The first-order chi connectivity index (χ1) is 19.2. The molecule has 3 nitrogen and oxygen atoms in total. The van der Waals surface area contributed by atoms with E-state index in [1.165, 1.54) is 31.3 Å². The number of hydrogen-bond acceptors (Lipinski definition) is 3. The van der Waals surface area contributed by atoms with Crippen molar-refractivity contribution in [3.05, 3.63) is 48.0 Å². The first kappa shape index (κ1) is 29.5. The van der Waals surface area contributed by atoms with Gasteiger partial charge in [0.25, 0.3) is 0 Å². The first-order valence-electron chi connectivity index (χ1n) is 16.7. The molecule has 1 aromatic rings. The average Bonchev–Trinajstić information content (AvgIpc) is 3.34. The third kappa shape index (κ3) is 3.69. The van der Waals surface area contributed by atoms with Crippen LogP contribution in [0, 0.1) is 56.2 Å². The molecule has 0 aromatic heterocycles. The molecule has 0 radical (unpaired) electrons. The molecule has 0 spiro atoms. The molecule has 10 atom stereocenters. The van der Waals surface area contributed by atoms with Crippen LogP contribution in [0.3, 0.4) is 0 Å². The molecule has 226 valence electrons. The van der Waals surface area contributed by atoms with Crippen LogP contribution in [0.25, 0.3) is 0 Å². The van der Waals surface area contributed by atoms with Crippen LogP contribution < -0.4 is 0 Å². The zero-order valence-corrected chi connectivity index (χ0v) is 27.0. The summed E-state index contributed by atoms with van der Waals surface area (Å²) in [5.74, 6) is 1.93. The van der Waals surface area contributed by atoms with Crippen LogP contribution in [-0.4, -0.2) is 17.2 Å². The van der Waals surface area contributed by atoms with Crippen molar-refractivity contribution in [1.82, 2.24) is 0 Å². The van der Waals surface area contributed by atoms with Gasteiger partial charge in [-0.25, -0.2) is 0 Å². The summed E-state index contributed by atoms with van der Waals surface area (Å²) in [7, 11) is 0. The van der Waals surface area contributed by atoms with Crippen molar-refractivity contribution >= 4 is 5.97 Å². The summed E-state index contributed by atoms with van der Waals surface area (Å²) >= 11 is 0. The van der Waals surface area contributed by atoms with Gasteiger partial charge in [0.05, 0.1) is 11.5 Å². The van der Waals surface area contributed by atoms with Crippen LogP contribution in [-0.2, 0) is 16.1 Å². The van der Waals surface area contributed by atoms with Crippen molar-refractivity contribution in [2.75, 3.05) is 0 Å². The molecule has 1 aromatic carbocycles. The molecule has 0 bridgehead atoms. The molecule has 0 amide bonds. The number of hydrogen-bond donors (Lipinski definition) is 1. The second-order valence-corrected chi connectivity index (χ2v) is 16.8. The van der Waals surface area contributed by atoms with E-state index < -0.39 is 0 Å². The molecule has 5 fully saturated rings. The Morgan fingerprint density at radius 1 is 0.854 bits per heavy atom. The van der Waals surface area contributed by atoms with Gasteiger partial charge in [-0.05, 0) is 127 Å². The molecular weight excluding hydrogens is 504 g/mol. The molecule has 41 heavy (non-hydrogen) atoms. The Kier molecular flexibility index (Phi) is 6.79. The fourth-order valence-electron chi connectivity index (χ4n) is 12.5. The van der Waals surface area contributed by atoms with Crippen molar-refractivity contribution in [1.29, 1.82) is 0 Å². The maximum absolute atomic E-state index is 14.2. The van der Waals surface area contributed by atoms with E-state index in [4.69, 9.17) is 4.74 Å². The van der Waals surface area contributed by atoms with Crippen molar-refractivity contribution in [2.24, 2.45) is 56.2 Å². The number of carbonyl (C=O) groups excluding carboxylic acids is 1. The predicted octanol–water partition coefficient (Wildman–Crippen LogP) is 9.14. The van der Waals surface area contributed by atoms with E-state index in [-0.39, 0.29) is 44.6 Å². The molecule has 0 saturated heterocycles. The van der Waals surface area contributed by atoms with Crippen LogP contribution in [0.15, 0.2) is 42.5 Å². The van der Waals surface area contributed by atoms with Crippen molar-refractivity contribution < 1.29 is 14.6 Å². The summed E-state index contributed by atoms with van der Waals surface area (Å²) in [5.41, 5.74) is 2.61. The van der Waals surface area contributed by atoms with Crippen molar-refractivity contribution in [3.8, 4) is 0 Å². The molecule has 6 rings (SSSR count). The smallest absolute Gasteiger partial charge is 0.312 e. The highest BCUT2D eigenvalue weighted by Gasteiger charge is 2.74. The van der Waals surface area contributed by atoms with Crippen LogP contribution in [0.4, 0.5) is 0 Å². The average molecular weight is 561 g/mol. The van der Waals surface area contributed by atoms with Gasteiger partial charge in [0, 0.05) is 0 Å². The number of carbonyl (C=O) groups is 1. The maximum Gasteiger partial charge on any atom is 0.312 e. The third-order valence-electron chi connectivity index (χ3n) is 15.8. The number of allylic oxidation sites excluding steroid dienone is 1. The van der Waals surface area contributed by atoms with Crippen molar-refractivity contribution in [2.45, 2.75) is 125 Å². The Morgan fingerprint density at radius 3 is 2.22 bits per heavy atom. The minimum absolute atomic E-state index is 0.0515. The molecule has 5 aliphatic carbocycles. The van der Waals surface area contributed by atoms with E-state index in [1.54, 1.807) is 0 Å². The lowest BCUT2D eigenvalue weighted by Gasteiger charge is -2.75. The summed E-state index contributed by atoms with van der Waals surface area (Å²) in [5, 5.41) is 11.2. The topological polar surface area (TPSA) is 46.5 Å². The van der Waals surface area contributed by atoms with Gasteiger partial charge < -0.3 is 9.84 Å². The van der Waals surface area contributed by atoms with Gasteiger partial charge in [-0.2, -0.15) is 0 Å². The minimum Gasteiger partial charge on any atom is -0.460 e. The standard InChI is InChI=1S/C38H56O3/c1-25(2)27-16-19-38(32(40)41-24-26-12-10-9-11-13-26)23-21-34(5)28(31(27)38)14-15-29-35(34,6)20-22-37(8)33(3,4)30(39)17-18-36(29,37)7/h9-13,27-31,39H,1,14-24H2,2-8H3/t27-,28+,29-,30-,31+,34+,35+,36+,37-,38-/m0/s1. The van der Waals surface area contributed by atoms with Crippen LogP contribution >= 0.6 is 0 Å². The quantitative estimate of drug-likeness (QED) is 0.295. The Morgan fingerprint density at radius 2 is 1.54 bits per heavy atom. The minimum atomic E-state index is -0.379. The van der Waals surface area contributed by atoms with E-state index in [0.717, 1.165) is 44.1 Å². The molecule has 5 saturated carbocycles. The normalized spacial score (nSPS) is 48.2. The van der Waals surface area contributed by atoms with Gasteiger partial charge >= 0.3 is 5.97 Å². The van der Waals surface area contributed by atoms with Crippen LogP contribution in [0.1, 0.15) is 118 Å². The number of benzene rings is 1. The van der Waals surface area contributed by atoms with E-state index in [9.17, 15) is 9.90 Å². The van der Waals surface area contributed by atoms with Gasteiger partial charge in [-0.15, -0.1) is 0 Å². The Labute approximate surface area is 249 Å². The molecule has 1 N–H and O–H groups in total. The Balaban J connectivity index is 1.35. The lowest BCUT2D eigenvalue weighted by Crippen LogP contribution is -2.70. The molecule has 3 heteroatoms. The largest absolute Gasteiger partial charge is 0.460 e. The number of esters is 1. The highest BCUT2D eigenvalue weighted by atomic mass is 16.5. The molecule has 5 aliphatic rings. The summed E-state index contributed by atoms with van der Waals surface area (Å²) in [6.07, 6.45) is 10.7. The van der Waals surface area contributed by atoms with Gasteiger partial charge in [-0.3, -0.25) is 4.79 Å². The number of fused-ring (bicyclic) bond motifs is 7. The fourth-order valence-corrected chi connectivity index (χ4v) is 12.5. The van der Waals surface area contributed by atoms with Gasteiger partial charge in [0.1, 0.15) is 6.61 Å². The molecule has 0 heterocycles. The van der Waals surface area contributed by atoms with Crippen LogP contribution in [0.5, 0.6) is 0 Å². The Bertz CT molecular complexity index is 1200. The maximum atomic E-state index is 14.2. The summed E-state index contributed by atoms with van der Waals surface area (Å²) in [6.45, 7) is 22.2. The summed E-state index contributed by atoms with van der Waals surface area (Å²) < 4.78 is 6.19. The second-order valence-electron chi connectivity index (χ2n) is 16.8. The monoisotopic (exact) mass is 560 g/mol. The van der Waals surface area contributed by atoms with Crippen LogP contribution in [0.2, 0.25) is 0 Å². The number of ether oxygens (including phenoxy) is 1. The molecular formula is C38H56O3. The number of aliphatic hydroxyl groups excluding tert-OH is 1. The molecule has 0 aliphatic heterocycles. The predicted molar refractivity (Wildman–Crippen MR) is 166 cm³/mol. The van der Waals surface area contributed by atoms with E-state index in [2.05, 4.69) is 67.2 Å². The number of rotatable bonds is 4. The first-order valence-corrected chi connectivity index (χ1v) is 16.7. The van der Waals surface area contributed by atoms with E-state index >= 15 is 0 Å². The third-order valence-corrected chi connectivity index (χ3v) is 15.8.